The maximum absolute atomic E-state index is 13.8. The Kier molecular flexibility index (Phi) is 13.7. The van der Waals surface area contributed by atoms with Crippen molar-refractivity contribution in [2.45, 2.75) is 66.0 Å². The van der Waals surface area contributed by atoms with Crippen LogP contribution in [0.4, 0.5) is 14.6 Å². The number of aryl methyl sites for hydroxylation is 2. The Labute approximate surface area is 271 Å². The Balaban J connectivity index is 0.000000542. The van der Waals surface area contributed by atoms with E-state index in [0.29, 0.717) is 36.6 Å². The van der Waals surface area contributed by atoms with Gasteiger partial charge in [0.2, 0.25) is 5.28 Å². The lowest BCUT2D eigenvalue weighted by molar-refractivity contribution is 0.0432. The number of ether oxygens (including phenoxy) is 1. The van der Waals surface area contributed by atoms with E-state index in [1.54, 1.807) is 24.3 Å². The first-order valence-corrected chi connectivity index (χ1v) is 16.2. The molecule has 246 valence electrons. The van der Waals surface area contributed by atoms with Crippen LogP contribution >= 0.6 is 11.6 Å². The van der Waals surface area contributed by atoms with Gasteiger partial charge in [-0.15, -0.1) is 0 Å². The van der Waals surface area contributed by atoms with Crippen LogP contribution in [0, 0.1) is 18.6 Å². The Morgan fingerprint density at radius 2 is 1.42 bits per heavy atom. The first-order valence-electron chi connectivity index (χ1n) is 15.8. The topological polar surface area (TPSA) is 79.5 Å². The van der Waals surface area contributed by atoms with Gasteiger partial charge in [0.1, 0.15) is 17.5 Å². The van der Waals surface area contributed by atoms with Gasteiger partial charge < -0.3 is 19.3 Å². The number of rotatable bonds is 5. The fourth-order valence-corrected chi connectivity index (χ4v) is 5.88. The Hall–Kier alpha value is -3.18. The summed E-state index contributed by atoms with van der Waals surface area (Å²) in [6.07, 6.45) is 2.56. The van der Waals surface area contributed by atoms with E-state index in [4.69, 9.17) is 16.3 Å². The van der Waals surface area contributed by atoms with Crippen LogP contribution in [0.3, 0.4) is 0 Å². The molecular weight excluding hydrogens is 598 g/mol. The minimum atomic E-state index is -0.984. The summed E-state index contributed by atoms with van der Waals surface area (Å²) in [5.41, 5.74) is 1.82. The van der Waals surface area contributed by atoms with Crippen molar-refractivity contribution in [1.29, 1.82) is 0 Å². The average molecular weight is 645 g/mol. The van der Waals surface area contributed by atoms with Crippen molar-refractivity contribution in [1.82, 2.24) is 24.4 Å². The molecule has 2 aliphatic heterocycles. The van der Waals surface area contributed by atoms with Gasteiger partial charge in [0.05, 0.1) is 12.1 Å². The van der Waals surface area contributed by atoms with Crippen molar-refractivity contribution in [3.8, 4) is 0 Å². The van der Waals surface area contributed by atoms with Crippen molar-refractivity contribution in [3.63, 3.8) is 0 Å². The summed E-state index contributed by atoms with van der Waals surface area (Å²) in [6, 6.07) is 12.2. The quantitative estimate of drug-likeness (QED) is 0.237. The predicted octanol–water partition coefficient (Wildman–Crippen LogP) is 6.90. The highest BCUT2D eigenvalue weighted by Crippen LogP contribution is 2.39. The minimum absolute atomic E-state index is 0.0398. The van der Waals surface area contributed by atoms with E-state index >= 15 is 0 Å². The van der Waals surface area contributed by atoms with Crippen LogP contribution < -0.4 is 4.90 Å². The second kappa shape index (κ2) is 16.9. The van der Waals surface area contributed by atoms with E-state index in [2.05, 4.69) is 31.7 Å². The molecule has 4 heterocycles. The lowest BCUT2D eigenvalue weighted by Crippen LogP contribution is -2.60. The number of halogens is 3. The van der Waals surface area contributed by atoms with Gasteiger partial charge in [0.25, 0.3) is 0 Å². The number of anilines is 1. The zero-order valence-corrected chi connectivity index (χ0v) is 28.3. The van der Waals surface area contributed by atoms with Gasteiger partial charge >= 0.3 is 0 Å². The molecular formula is C34H47ClF2N6O2. The molecule has 2 aromatic carbocycles. The number of imidazole rings is 1. The van der Waals surface area contributed by atoms with E-state index in [9.17, 15) is 13.9 Å². The second-order valence-electron chi connectivity index (χ2n) is 10.5. The third-order valence-corrected chi connectivity index (χ3v) is 8.20. The molecule has 1 atom stereocenters. The van der Waals surface area contributed by atoms with Crippen LogP contribution in [0.5, 0.6) is 0 Å². The molecule has 0 amide bonds. The van der Waals surface area contributed by atoms with Crippen LogP contribution in [-0.4, -0.2) is 75.0 Å². The molecule has 2 fully saturated rings. The van der Waals surface area contributed by atoms with Crippen molar-refractivity contribution >= 4 is 28.6 Å². The van der Waals surface area contributed by atoms with Crippen LogP contribution in [0.25, 0.3) is 11.2 Å². The van der Waals surface area contributed by atoms with E-state index in [-0.39, 0.29) is 29.6 Å². The van der Waals surface area contributed by atoms with E-state index in [1.807, 2.05) is 46.2 Å². The molecule has 1 unspecified atom stereocenters. The minimum Gasteiger partial charge on any atom is -0.394 e. The van der Waals surface area contributed by atoms with E-state index in [0.717, 1.165) is 30.2 Å². The normalized spacial score (nSPS) is 16.7. The summed E-state index contributed by atoms with van der Waals surface area (Å²) in [5, 5.41) is 11.0. The number of piperazine rings is 1. The van der Waals surface area contributed by atoms with Crippen LogP contribution in [0.1, 0.15) is 64.4 Å². The predicted molar refractivity (Wildman–Crippen MR) is 178 cm³/mol. The van der Waals surface area contributed by atoms with Crippen molar-refractivity contribution < 1.29 is 18.6 Å². The van der Waals surface area contributed by atoms with E-state index in [1.165, 1.54) is 37.1 Å². The van der Waals surface area contributed by atoms with Crippen LogP contribution in [0.15, 0.2) is 48.5 Å². The fraction of sp³-hybridized carbons (Fsp3) is 0.500. The van der Waals surface area contributed by atoms with Crippen molar-refractivity contribution in [2.75, 3.05) is 44.4 Å². The lowest BCUT2D eigenvalue weighted by Gasteiger charge is -2.50. The molecule has 6 rings (SSSR count). The monoisotopic (exact) mass is 644 g/mol. The van der Waals surface area contributed by atoms with E-state index < -0.39 is 5.54 Å². The van der Waals surface area contributed by atoms with Gasteiger partial charge in [0, 0.05) is 45.9 Å². The molecule has 2 aliphatic rings. The summed E-state index contributed by atoms with van der Waals surface area (Å²) in [5.74, 6) is 0.747. The number of benzene rings is 2. The maximum Gasteiger partial charge on any atom is 0.226 e. The summed E-state index contributed by atoms with van der Waals surface area (Å²) in [6.45, 7) is 15.4. The molecule has 4 aromatic rings. The van der Waals surface area contributed by atoms with Gasteiger partial charge in [0.15, 0.2) is 17.0 Å². The number of aliphatic hydroxyl groups is 1. The summed E-state index contributed by atoms with van der Waals surface area (Å²) in [7, 11) is 1.89. The third kappa shape index (κ3) is 7.98. The summed E-state index contributed by atoms with van der Waals surface area (Å²) in [4.78, 5) is 17.9. The number of hydrogen-bond donors (Lipinski definition) is 1. The molecule has 1 N–H and O–H groups in total. The Morgan fingerprint density at radius 3 is 1.87 bits per heavy atom. The van der Waals surface area contributed by atoms with Crippen molar-refractivity contribution in [3.05, 3.63) is 82.4 Å². The highest BCUT2D eigenvalue weighted by atomic mass is 35.5. The molecule has 2 aromatic heterocycles. The third-order valence-electron chi connectivity index (χ3n) is 8.04. The molecule has 0 radical (unpaired) electrons. The first-order chi connectivity index (χ1) is 21.7. The maximum atomic E-state index is 13.8. The number of aliphatic hydroxyl groups excluding tert-OH is 1. The van der Waals surface area contributed by atoms with Gasteiger partial charge in [-0.25, -0.2) is 13.8 Å². The van der Waals surface area contributed by atoms with Crippen LogP contribution in [0.2, 0.25) is 5.28 Å². The largest absolute Gasteiger partial charge is 0.394 e. The number of nitrogens with zero attached hydrogens (tertiary/aromatic N) is 6. The van der Waals surface area contributed by atoms with Crippen LogP contribution in [-0.2, 0) is 17.3 Å². The highest BCUT2D eigenvalue weighted by Gasteiger charge is 2.43. The van der Waals surface area contributed by atoms with Crippen molar-refractivity contribution in [2.24, 2.45) is 7.05 Å². The van der Waals surface area contributed by atoms with Gasteiger partial charge in [-0.3, -0.25) is 4.90 Å². The Bertz CT molecular complexity index is 1430. The summed E-state index contributed by atoms with van der Waals surface area (Å²) >= 11 is 6.29. The lowest BCUT2D eigenvalue weighted by atomic mass is 9.80. The zero-order chi connectivity index (χ0) is 33.1. The standard InChI is InChI=1S/C26H27ClF2N6O.C4H8O.2C2H6/c1-16-14-34(12-13-35(16)24-22-23(31-25(27)32-24)33(3)17(2)30-22)26(15-36,18-4-8-20(28)9-5-18)19-6-10-21(29)11-7-19;1-2-4-5-3-1;2*1-2/h4-11,16,36H,12-15H2,1-3H3;1-4H2;2*1-2H3. The Morgan fingerprint density at radius 1 is 0.889 bits per heavy atom. The summed E-state index contributed by atoms with van der Waals surface area (Å²) < 4.78 is 34.4. The molecule has 0 aliphatic carbocycles. The fourth-order valence-electron chi connectivity index (χ4n) is 5.72. The van der Waals surface area contributed by atoms with Gasteiger partial charge in [-0.2, -0.15) is 9.97 Å². The number of aromatic nitrogens is 4. The highest BCUT2D eigenvalue weighted by molar-refractivity contribution is 6.28. The molecule has 0 bridgehead atoms. The average Bonchev–Trinajstić information content (AvgIpc) is 3.74. The van der Waals surface area contributed by atoms with Gasteiger partial charge in [-0.05, 0) is 73.7 Å². The molecule has 0 saturated carbocycles. The molecule has 0 spiro atoms. The van der Waals surface area contributed by atoms with Gasteiger partial charge in [-0.1, -0.05) is 52.0 Å². The SMILES string of the molecule is C1CCOC1.CC.CC.Cc1nc2c(N3CCN(C(CO)(c4ccc(F)cc4)c4ccc(F)cc4)CC3C)nc(Cl)nc2n1C. The molecule has 8 nitrogen and oxygen atoms in total. The number of hydrogen-bond acceptors (Lipinski definition) is 7. The molecule has 11 heteroatoms. The molecule has 2 saturated heterocycles. The zero-order valence-electron chi connectivity index (χ0n) is 27.5. The number of fused-ring (bicyclic) bond motifs is 1. The smallest absolute Gasteiger partial charge is 0.226 e. The second-order valence-corrected chi connectivity index (χ2v) is 10.9. The molecule has 45 heavy (non-hydrogen) atoms. The first kappa shape index (κ1) is 36.3.